The zero-order chi connectivity index (χ0) is 22.2. The Bertz CT molecular complexity index is 1230. The normalized spacial score (nSPS) is 13.0. The van der Waals surface area contributed by atoms with Crippen LogP contribution >= 0.6 is 0 Å². The van der Waals surface area contributed by atoms with Crippen LogP contribution in [0.5, 0.6) is 11.5 Å². The molecule has 0 saturated heterocycles. The Balaban J connectivity index is 2.17. The molecule has 0 bridgehead atoms. The smallest absolute Gasteiger partial charge is 0.243 e. The van der Waals surface area contributed by atoms with E-state index in [-0.39, 0.29) is 10.9 Å². The zero-order valence-electron chi connectivity index (χ0n) is 17.8. The molecule has 8 nitrogen and oxygen atoms in total. The molecule has 2 heterocycles. The van der Waals surface area contributed by atoms with Crippen molar-refractivity contribution in [3.8, 4) is 11.5 Å². The van der Waals surface area contributed by atoms with E-state index in [9.17, 15) is 12.6 Å². The van der Waals surface area contributed by atoms with E-state index in [4.69, 9.17) is 9.47 Å². The van der Waals surface area contributed by atoms with Crippen molar-refractivity contribution in [3.63, 3.8) is 0 Å². The lowest BCUT2D eigenvalue weighted by molar-refractivity contribution is 0.407. The van der Waals surface area contributed by atoms with Gasteiger partial charge in [0.25, 0.3) is 0 Å². The minimum absolute atomic E-state index is 0.0105. The van der Waals surface area contributed by atoms with Crippen LogP contribution < -0.4 is 9.47 Å². The van der Waals surface area contributed by atoms with Crippen LogP contribution in [0.25, 0.3) is 11.0 Å². The molecule has 0 amide bonds. The average molecular weight is 452 g/mol. The minimum Gasteiger partial charge on any atom is -0.497 e. The first-order valence-electron chi connectivity index (χ1n) is 9.30. The van der Waals surface area contributed by atoms with Gasteiger partial charge in [0, 0.05) is 23.4 Å². The number of hydrogen-bond acceptors (Lipinski definition) is 7. The first-order valence-corrected chi connectivity index (χ1v) is 12.1. The molecule has 0 aliphatic carbocycles. The van der Waals surface area contributed by atoms with Gasteiger partial charge in [-0.25, -0.2) is 17.4 Å². The largest absolute Gasteiger partial charge is 0.497 e. The summed E-state index contributed by atoms with van der Waals surface area (Å²) in [6.07, 6.45) is 1.65. The second kappa shape index (κ2) is 8.35. The summed E-state index contributed by atoms with van der Waals surface area (Å²) in [5.41, 5.74) is 2.95. The van der Waals surface area contributed by atoms with Gasteiger partial charge < -0.3 is 9.47 Å². The van der Waals surface area contributed by atoms with E-state index < -0.39 is 26.1 Å². The molecule has 1 aromatic carbocycles. The van der Waals surface area contributed by atoms with Gasteiger partial charge in [-0.1, -0.05) is 0 Å². The van der Waals surface area contributed by atoms with E-state index >= 15 is 0 Å². The Hall–Kier alpha value is -2.46. The summed E-state index contributed by atoms with van der Waals surface area (Å²) < 4.78 is 51.3. The molecule has 2 aromatic heterocycles. The maximum Gasteiger partial charge on any atom is 0.243 e. The number of ether oxygens (including phenoxy) is 2. The number of aromatic nitrogens is 3. The maximum absolute atomic E-state index is 13.3. The molecule has 0 aliphatic heterocycles. The van der Waals surface area contributed by atoms with Crippen LogP contribution in [0.2, 0.25) is 0 Å². The lowest BCUT2D eigenvalue weighted by Gasteiger charge is -2.14. The maximum atomic E-state index is 13.3. The standard InChI is InChI=1S/C20H25N3O5S2/c1-12(2)30(25,26)23-18-9-15(27-5)7-8-16(18)22-20(23)29(24)11-17-14(4)19(28-6)13(3)10-21-17/h7-10,12H,11H2,1-6H3. The third-order valence-electron chi connectivity index (χ3n) is 4.86. The van der Waals surface area contributed by atoms with Gasteiger partial charge >= 0.3 is 0 Å². The lowest BCUT2D eigenvalue weighted by Crippen LogP contribution is -2.25. The van der Waals surface area contributed by atoms with E-state index in [0.717, 1.165) is 15.1 Å². The number of methoxy groups -OCH3 is 2. The van der Waals surface area contributed by atoms with Gasteiger partial charge in [0.15, 0.2) is 0 Å². The van der Waals surface area contributed by atoms with E-state index in [1.807, 2.05) is 13.8 Å². The van der Waals surface area contributed by atoms with Crippen LogP contribution in [0.15, 0.2) is 29.6 Å². The number of hydrogen-bond donors (Lipinski definition) is 0. The van der Waals surface area contributed by atoms with Crippen molar-refractivity contribution in [1.29, 1.82) is 0 Å². The molecule has 162 valence electrons. The first kappa shape index (κ1) is 22.2. The van der Waals surface area contributed by atoms with Crippen molar-refractivity contribution in [2.24, 2.45) is 0 Å². The lowest BCUT2D eigenvalue weighted by atomic mass is 10.1. The SMILES string of the molecule is COc1ccc2nc(S(=O)Cc3ncc(C)c(OC)c3C)n(S(=O)(=O)C(C)C)c2c1. The quantitative estimate of drug-likeness (QED) is 0.544. The predicted octanol–water partition coefficient (Wildman–Crippen LogP) is 2.96. The molecule has 0 fully saturated rings. The number of benzene rings is 1. The molecule has 10 heteroatoms. The third-order valence-corrected chi connectivity index (χ3v) is 8.26. The van der Waals surface area contributed by atoms with Crippen molar-refractivity contribution >= 4 is 31.9 Å². The van der Waals surface area contributed by atoms with Gasteiger partial charge in [0.05, 0.1) is 52.7 Å². The van der Waals surface area contributed by atoms with Crippen LogP contribution in [0.1, 0.15) is 30.7 Å². The Morgan fingerprint density at radius 3 is 2.47 bits per heavy atom. The van der Waals surface area contributed by atoms with E-state index in [0.29, 0.717) is 28.2 Å². The number of aryl methyl sites for hydroxylation is 1. The Labute approximate surface area is 178 Å². The Morgan fingerprint density at radius 2 is 1.87 bits per heavy atom. The van der Waals surface area contributed by atoms with Crippen LogP contribution in [-0.4, -0.2) is 46.0 Å². The fourth-order valence-electron chi connectivity index (χ4n) is 3.14. The van der Waals surface area contributed by atoms with E-state index in [2.05, 4.69) is 9.97 Å². The molecule has 0 radical (unpaired) electrons. The summed E-state index contributed by atoms with van der Waals surface area (Å²) in [5, 5.41) is -0.760. The molecule has 0 saturated carbocycles. The van der Waals surface area contributed by atoms with Crippen molar-refractivity contribution in [3.05, 3.63) is 41.2 Å². The zero-order valence-corrected chi connectivity index (χ0v) is 19.4. The van der Waals surface area contributed by atoms with Crippen molar-refractivity contribution in [2.75, 3.05) is 14.2 Å². The van der Waals surface area contributed by atoms with Gasteiger partial charge in [-0.3, -0.25) is 9.19 Å². The monoisotopic (exact) mass is 451 g/mol. The topological polar surface area (TPSA) is 100 Å². The van der Waals surface area contributed by atoms with Crippen molar-refractivity contribution in [1.82, 2.24) is 13.9 Å². The predicted molar refractivity (Wildman–Crippen MR) is 116 cm³/mol. The van der Waals surface area contributed by atoms with Gasteiger partial charge in [-0.15, -0.1) is 0 Å². The molecule has 3 aromatic rings. The van der Waals surface area contributed by atoms with Crippen molar-refractivity contribution < 1.29 is 22.1 Å². The summed E-state index contributed by atoms with van der Waals surface area (Å²) in [5.74, 6) is 1.17. The number of imidazole rings is 1. The molecule has 0 aliphatic rings. The summed E-state index contributed by atoms with van der Waals surface area (Å²) in [4.78, 5) is 8.77. The summed E-state index contributed by atoms with van der Waals surface area (Å²) in [6.45, 7) is 6.86. The van der Waals surface area contributed by atoms with Crippen molar-refractivity contribution in [2.45, 2.75) is 43.9 Å². The minimum atomic E-state index is -3.82. The fourth-order valence-corrected chi connectivity index (χ4v) is 5.96. The third kappa shape index (κ3) is 3.81. The van der Waals surface area contributed by atoms with Crippen LogP contribution in [0.3, 0.4) is 0 Å². The number of fused-ring (bicyclic) bond motifs is 1. The van der Waals surface area contributed by atoms with Gasteiger partial charge in [0.2, 0.25) is 15.2 Å². The van der Waals surface area contributed by atoms with Gasteiger partial charge in [0.1, 0.15) is 11.5 Å². The molecular weight excluding hydrogens is 426 g/mol. The molecule has 0 spiro atoms. The fraction of sp³-hybridized carbons (Fsp3) is 0.400. The molecule has 1 atom stereocenters. The Morgan fingerprint density at radius 1 is 1.17 bits per heavy atom. The first-order chi connectivity index (χ1) is 14.1. The van der Waals surface area contributed by atoms with Crippen LogP contribution in [0, 0.1) is 13.8 Å². The molecule has 0 N–H and O–H groups in total. The summed E-state index contributed by atoms with van der Waals surface area (Å²) in [7, 11) is -2.52. The average Bonchev–Trinajstić information content (AvgIpc) is 3.09. The number of pyridine rings is 1. The highest BCUT2D eigenvalue weighted by molar-refractivity contribution is 7.91. The second-order valence-electron chi connectivity index (χ2n) is 7.14. The van der Waals surface area contributed by atoms with E-state index in [1.165, 1.54) is 7.11 Å². The van der Waals surface area contributed by atoms with Crippen LogP contribution in [0.4, 0.5) is 0 Å². The number of nitrogens with zero attached hydrogens (tertiary/aromatic N) is 3. The molecule has 1 unspecified atom stereocenters. The van der Waals surface area contributed by atoms with E-state index in [1.54, 1.807) is 45.4 Å². The van der Waals surface area contributed by atoms with Gasteiger partial charge in [-0.05, 0) is 39.8 Å². The summed E-state index contributed by atoms with van der Waals surface area (Å²) in [6, 6.07) is 4.92. The summed E-state index contributed by atoms with van der Waals surface area (Å²) >= 11 is 0. The number of rotatable bonds is 7. The highest BCUT2D eigenvalue weighted by atomic mass is 32.2. The highest BCUT2D eigenvalue weighted by Gasteiger charge is 2.29. The second-order valence-corrected chi connectivity index (χ2v) is 10.8. The van der Waals surface area contributed by atoms with Crippen LogP contribution in [-0.2, 0) is 26.6 Å². The molecule has 3 rings (SSSR count). The molecular formula is C20H25N3O5S2. The highest BCUT2D eigenvalue weighted by Crippen LogP contribution is 2.29. The Kier molecular flexibility index (Phi) is 6.19. The van der Waals surface area contributed by atoms with Gasteiger partial charge in [-0.2, -0.15) is 0 Å². The molecule has 30 heavy (non-hydrogen) atoms.